The molecule has 1 saturated heterocycles. The summed E-state index contributed by atoms with van der Waals surface area (Å²) in [5, 5.41) is 12.7. The van der Waals surface area contributed by atoms with Crippen molar-refractivity contribution >= 4 is 46.8 Å². The van der Waals surface area contributed by atoms with E-state index in [1.807, 2.05) is 0 Å². The van der Waals surface area contributed by atoms with Crippen molar-refractivity contribution in [1.82, 2.24) is 14.7 Å². The summed E-state index contributed by atoms with van der Waals surface area (Å²) in [6.07, 6.45) is 1.36. The van der Waals surface area contributed by atoms with E-state index in [2.05, 4.69) is 10.2 Å². The van der Waals surface area contributed by atoms with Crippen LogP contribution in [0.2, 0.25) is 10.0 Å². The Balaban J connectivity index is 1.31. The first-order valence-corrected chi connectivity index (χ1v) is 16.9. The van der Waals surface area contributed by atoms with Crippen molar-refractivity contribution in [2.45, 2.75) is 64.1 Å². The van der Waals surface area contributed by atoms with Crippen molar-refractivity contribution in [3.63, 3.8) is 0 Å². The van der Waals surface area contributed by atoms with Gasteiger partial charge in [0.25, 0.3) is 0 Å². The van der Waals surface area contributed by atoms with Gasteiger partial charge in [-0.1, -0.05) is 53.9 Å². The zero-order valence-corrected chi connectivity index (χ0v) is 29.4. The summed E-state index contributed by atoms with van der Waals surface area (Å²) >= 11 is 12.9. The molecule has 4 N–H and O–H groups in total. The molecule has 1 fully saturated rings. The number of unbranched alkanes of at least 4 members (excludes halogenated alkanes) is 1. The molecule has 3 aromatic rings. The molecule has 1 heterocycles. The molecule has 264 valence electrons. The molecule has 0 saturated carbocycles. The highest BCUT2D eigenvalue weighted by Gasteiger charge is 2.32. The van der Waals surface area contributed by atoms with E-state index in [9.17, 15) is 28.3 Å². The van der Waals surface area contributed by atoms with Gasteiger partial charge < -0.3 is 16.2 Å². The number of benzene rings is 3. The average Bonchev–Trinajstić information content (AvgIpc) is 3.02. The number of nitrogens with two attached hydrogens (primary N) is 1. The molecule has 0 spiro atoms. The van der Waals surface area contributed by atoms with Crippen LogP contribution < -0.4 is 11.1 Å². The Bertz CT molecular complexity index is 1550. The minimum atomic E-state index is -1.08. The number of primary amides is 1. The third-order valence-corrected chi connectivity index (χ3v) is 9.36. The number of nitrogens with one attached hydrogen (secondary N) is 1. The third kappa shape index (κ3) is 10.6. The zero-order valence-electron chi connectivity index (χ0n) is 27.9. The van der Waals surface area contributed by atoms with Gasteiger partial charge in [0, 0.05) is 37.6 Å². The van der Waals surface area contributed by atoms with Gasteiger partial charge in [0.05, 0.1) is 22.3 Å². The molecule has 49 heavy (non-hydrogen) atoms. The van der Waals surface area contributed by atoms with Crippen molar-refractivity contribution in [3.8, 4) is 0 Å². The second kappa shape index (κ2) is 16.8. The summed E-state index contributed by atoms with van der Waals surface area (Å²) in [6.45, 7) is 7.44. The number of carboxylic acid groups (broad SMARTS) is 1. The van der Waals surface area contributed by atoms with Crippen molar-refractivity contribution in [3.05, 3.63) is 99.0 Å². The molecule has 1 aliphatic heterocycles. The van der Waals surface area contributed by atoms with Gasteiger partial charge in [0.1, 0.15) is 17.7 Å². The van der Waals surface area contributed by atoms with Crippen LogP contribution in [-0.4, -0.2) is 82.0 Å². The fraction of sp³-hybridized carbons (Fsp3) is 0.417. The van der Waals surface area contributed by atoms with Crippen LogP contribution in [0.5, 0.6) is 0 Å². The minimum absolute atomic E-state index is 0.0175. The predicted octanol–water partition coefficient (Wildman–Crippen LogP) is 6.96. The fourth-order valence-electron chi connectivity index (χ4n) is 6.11. The van der Waals surface area contributed by atoms with Crippen LogP contribution in [0.15, 0.2) is 60.7 Å². The number of amides is 3. The molecule has 1 atom stereocenters. The van der Waals surface area contributed by atoms with Crippen molar-refractivity contribution in [1.29, 1.82) is 0 Å². The standard InChI is InChI=1S/C36H43Cl2F2N5O4/c1-36(2,3)45(35(48)49)20-23-18-29(37)33(30(38)19-23)42-32(46)22-44-17-16-43(21-31(44)34(41)47)15-5-4-6-28(24-7-11-26(39)12-8-24)25-9-13-27(40)14-10-25/h7-14,18-19,28,31H,4-6,15-17,20-22H2,1-3H3,(H2,41,47)(H,42,46)(H,48,49). The van der Waals surface area contributed by atoms with E-state index in [1.165, 1.54) is 29.2 Å². The molecule has 3 aromatic carbocycles. The number of hydrogen-bond acceptors (Lipinski definition) is 5. The lowest BCUT2D eigenvalue weighted by atomic mass is 9.87. The molecule has 9 nitrogen and oxygen atoms in total. The maximum Gasteiger partial charge on any atom is 0.408 e. The quantitative estimate of drug-likeness (QED) is 0.165. The number of hydrogen-bond donors (Lipinski definition) is 3. The van der Waals surface area contributed by atoms with E-state index in [1.54, 1.807) is 62.1 Å². The van der Waals surface area contributed by atoms with Crippen LogP contribution in [-0.2, 0) is 16.1 Å². The summed E-state index contributed by atoms with van der Waals surface area (Å²) in [5.74, 6) is -1.60. The number of halogens is 4. The molecule has 1 aliphatic rings. The first kappa shape index (κ1) is 38.0. The molecular weight excluding hydrogens is 675 g/mol. The maximum atomic E-state index is 13.6. The lowest BCUT2D eigenvalue weighted by molar-refractivity contribution is -0.127. The van der Waals surface area contributed by atoms with Crippen molar-refractivity contribution in [2.24, 2.45) is 5.73 Å². The first-order valence-electron chi connectivity index (χ1n) is 16.2. The van der Waals surface area contributed by atoms with Crippen molar-refractivity contribution < 1.29 is 28.3 Å². The fourth-order valence-corrected chi connectivity index (χ4v) is 6.74. The summed E-state index contributed by atoms with van der Waals surface area (Å²) in [6, 6.07) is 15.2. The number of piperazine rings is 1. The normalized spacial score (nSPS) is 15.7. The summed E-state index contributed by atoms with van der Waals surface area (Å²) in [7, 11) is 0. The molecule has 0 aliphatic carbocycles. The first-order chi connectivity index (χ1) is 23.1. The predicted molar refractivity (Wildman–Crippen MR) is 188 cm³/mol. The Hall–Kier alpha value is -3.77. The summed E-state index contributed by atoms with van der Waals surface area (Å²) < 4.78 is 27.2. The highest BCUT2D eigenvalue weighted by molar-refractivity contribution is 6.39. The molecule has 0 bridgehead atoms. The maximum absolute atomic E-state index is 13.6. The van der Waals surface area contributed by atoms with Gasteiger partial charge in [-0.2, -0.15) is 0 Å². The zero-order chi connectivity index (χ0) is 35.9. The largest absolute Gasteiger partial charge is 0.465 e. The Morgan fingerprint density at radius 2 is 1.51 bits per heavy atom. The van der Waals surface area contributed by atoms with Crippen LogP contribution in [0, 0.1) is 11.6 Å². The van der Waals surface area contributed by atoms with Crippen LogP contribution in [0.1, 0.15) is 62.6 Å². The SMILES string of the molecule is CC(C)(C)N(Cc1cc(Cl)c(NC(=O)CN2CCN(CCCCC(c3ccc(F)cc3)c3ccc(F)cc3)CC2C(N)=O)c(Cl)c1)C(=O)O. The van der Waals surface area contributed by atoms with E-state index in [0.29, 0.717) is 25.2 Å². The Morgan fingerprint density at radius 1 is 0.959 bits per heavy atom. The summed E-state index contributed by atoms with van der Waals surface area (Å²) in [5.41, 5.74) is 7.79. The smallest absolute Gasteiger partial charge is 0.408 e. The van der Waals surface area contributed by atoms with E-state index >= 15 is 0 Å². The van der Waals surface area contributed by atoms with E-state index in [0.717, 1.165) is 36.9 Å². The van der Waals surface area contributed by atoms with E-state index in [4.69, 9.17) is 28.9 Å². The number of rotatable bonds is 13. The van der Waals surface area contributed by atoms with Crippen LogP contribution in [0.4, 0.5) is 19.3 Å². The van der Waals surface area contributed by atoms with Gasteiger partial charge in [0.15, 0.2) is 0 Å². The van der Waals surface area contributed by atoms with Gasteiger partial charge in [-0.3, -0.25) is 24.3 Å². The van der Waals surface area contributed by atoms with Gasteiger partial charge in [-0.25, -0.2) is 13.6 Å². The highest BCUT2D eigenvalue weighted by atomic mass is 35.5. The van der Waals surface area contributed by atoms with Crippen LogP contribution >= 0.6 is 23.2 Å². The number of anilines is 1. The monoisotopic (exact) mass is 717 g/mol. The van der Waals surface area contributed by atoms with Gasteiger partial charge in [0.2, 0.25) is 11.8 Å². The van der Waals surface area contributed by atoms with E-state index < -0.39 is 29.5 Å². The number of nitrogens with zero attached hydrogens (tertiary/aromatic N) is 3. The Labute approximate surface area is 295 Å². The second-order valence-corrected chi connectivity index (χ2v) is 14.2. The van der Waals surface area contributed by atoms with Gasteiger partial charge in [-0.05, 0) is 93.2 Å². The molecule has 0 aromatic heterocycles. The van der Waals surface area contributed by atoms with Crippen LogP contribution in [0.25, 0.3) is 0 Å². The van der Waals surface area contributed by atoms with Gasteiger partial charge in [-0.15, -0.1) is 0 Å². The Kier molecular flexibility index (Phi) is 13.0. The lowest BCUT2D eigenvalue weighted by Gasteiger charge is -2.39. The summed E-state index contributed by atoms with van der Waals surface area (Å²) in [4.78, 5) is 42.5. The Morgan fingerprint density at radius 3 is 2.00 bits per heavy atom. The highest BCUT2D eigenvalue weighted by Crippen LogP contribution is 2.34. The molecular formula is C36H43Cl2F2N5O4. The average molecular weight is 719 g/mol. The minimum Gasteiger partial charge on any atom is -0.465 e. The number of carbonyl (C=O) groups excluding carboxylic acids is 2. The lowest BCUT2D eigenvalue weighted by Crippen LogP contribution is -2.59. The third-order valence-electron chi connectivity index (χ3n) is 8.76. The van der Waals surface area contributed by atoms with Crippen LogP contribution in [0.3, 0.4) is 0 Å². The molecule has 13 heteroatoms. The number of carbonyl (C=O) groups is 3. The molecule has 0 radical (unpaired) electrons. The molecule has 1 unspecified atom stereocenters. The van der Waals surface area contributed by atoms with Gasteiger partial charge >= 0.3 is 6.09 Å². The van der Waals surface area contributed by atoms with E-state index in [-0.39, 0.29) is 46.4 Å². The van der Waals surface area contributed by atoms with Crippen molar-refractivity contribution in [2.75, 3.05) is 38.0 Å². The molecule has 4 rings (SSSR count). The molecule has 3 amide bonds. The second-order valence-electron chi connectivity index (χ2n) is 13.4. The topological polar surface area (TPSA) is 119 Å².